The molecule has 0 fully saturated rings. The summed E-state index contributed by atoms with van der Waals surface area (Å²) in [6.07, 6.45) is 10.2. The van der Waals surface area contributed by atoms with Crippen LogP contribution in [0.5, 0.6) is 0 Å². The Labute approximate surface area is 74.1 Å². The van der Waals surface area contributed by atoms with Crippen molar-refractivity contribution in [2.75, 3.05) is 6.26 Å². The van der Waals surface area contributed by atoms with Gasteiger partial charge in [0.2, 0.25) is 0 Å². The molecule has 0 aromatic heterocycles. The van der Waals surface area contributed by atoms with Crippen LogP contribution >= 0.6 is 11.8 Å². The zero-order valence-electron chi connectivity index (χ0n) is 7.29. The second kappa shape index (κ2) is 6.29. The highest BCUT2D eigenvalue weighted by molar-refractivity contribution is 7.99. The first kappa shape index (κ1) is 10.6. The summed E-state index contributed by atoms with van der Waals surface area (Å²) in [5.74, 6) is 0.424. The van der Waals surface area contributed by atoms with Gasteiger partial charge in [0, 0.05) is 11.2 Å². The molecule has 0 saturated heterocycles. The number of allylic oxidation sites excluding steroid dienone is 3. The van der Waals surface area contributed by atoms with Crippen molar-refractivity contribution in [1.82, 2.24) is 0 Å². The molecular weight excluding hydrogens is 152 g/mol. The van der Waals surface area contributed by atoms with Crippen LogP contribution in [0, 0.1) is 5.92 Å². The fourth-order valence-corrected chi connectivity index (χ4v) is 1.66. The van der Waals surface area contributed by atoms with E-state index in [-0.39, 0.29) is 0 Å². The van der Waals surface area contributed by atoms with E-state index in [0.717, 1.165) is 0 Å². The predicted octanol–water partition coefficient (Wildman–Crippen LogP) is 3.28. The Bertz CT molecular complexity index is 147. The Morgan fingerprint density at radius 3 is 2.18 bits per heavy atom. The summed E-state index contributed by atoms with van der Waals surface area (Å²) in [7, 11) is 0. The fraction of sp³-hybridized carbons (Fsp3) is 0.400. The molecule has 0 N–H and O–H groups in total. The Hall–Kier alpha value is -0.430. The molecule has 0 aromatic rings. The maximum absolute atomic E-state index is 3.78. The first-order valence-corrected chi connectivity index (χ1v) is 4.99. The molecule has 0 radical (unpaired) electrons. The molecule has 0 rings (SSSR count). The molecule has 0 spiro atoms. The van der Waals surface area contributed by atoms with Gasteiger partial charge < -0.3 is 0 Å². The van der Waals surface area contributed by atoms with Gasteiger partial charge in [0.1, 0.15) is 0 Å². The van der Waals surface area contributed by atoms with Crippen molar-refractivity contribution in [1.29, 1.82) is 0 Å². The highest BCUT2D eigenvalue weighted by Crippen LogP contribution is 2.20. The largest absolute Gasteiger partial charge is 0.157 e. The molecule has 0 saturated carbocycles. The lowest BCUT2D eigenvalue weighted by Gasteiger charge is -2.14. The van der Waals surface area contributed by atoms with Gasteiger partial charge in [-0.15, -0.1) is 13.2 Å². The first-order chi connectivity index (χ1) is 5.29. The van der Waals surface area contributed by atoms with E-state index in [0.29, 0.717) is 11.2 Å². The van der Waals surface area contributed by atoms with Gasteiger partial charge >= 0.3 is 0 Å². The summed E-state index contributed by atoms with van der Waals surface area (Å²) >= 11 is 1.80. The van der Waals surface area contributed by atoms with Gasteiger partial charge in [0.15, 0.2) is 0 Å². The van der Waals surface area contributed by atoms with Crippen LogP contribution in [-0.2, 0) is 0 Å². The molecule has 0 bridgehead atoms. The molecule has 62 valence electrons. The zero-order valence-corrected chi connectivity index (χ0v) is 8.10. The van der Waals surface area contributed by atoms with Crippen LogP contribution in [0.1, 0.15) is 6.92 Å². The standard InChI is InChI=1S/C10H16S/c1-5-8-9(6-2)10(7-3)11-4/h5-10H,2-3H2,1,4H3/b8-5-. The van der Waals surface area contributed by atoms with Crippen molar-refractivity contribution in [2.24, 2.45) is 5.92 Å². The van der Waals surface area contributed by atoms with Crippen LogP contribution in [0.3, 0.4) is 0 Å². The Balaban J connectivity index is 4.19. The van der Waals surface area contributed by atoms with E-state index in [1.54, 1.807) is 11.8 Å². The maximum atomic E-state index is 3.78. The molecule has 11 heavy (non-hydrogen) atoms. The minimum absolute atomic E-state index is 0.424. The second-order valence-electron chi connectivity index (χ2n) is 2.27. The number of hydrogen-bond acceptors (Lipinski definition) is 1. The van der Waals surface area contributed by atoms with E-state index in [1.165, 1.54) is 0 Å². The van der Waals surface area contributed by atoms with Crippen molar-refractivity contribution in [3.63, 3.8) is 0 Å². The van der Waals surface area contributed by atoms with Crippen molar-refractivity contribution in [3.8, 4) is 0 Å². The van der Waals surface area contributed by atoms with Crippen molar-refractivity contribution < 1.29 is 0 Å². The summed E-state index contributed by atoms with van der Waals surface area (Å²) in [5.41, 5.74) is 0. The van der Waals surface area contributed by atoms with Crippen LogP contribution in [0.4, 0.5) is 0 Å². The average molecular weight is 168 g/mol. The third-order valence-corrected chi connectivity index (χ3v) is 2.62. The van der Waals surface area contributed by atoms with Crippen LogP contribution in [0.2, 0.25) is 0 Å². The van der Waals surface area contributed by atoms with E-state index in [1.807, 2.05) is 19.1 Å². The number of rotatable bonds is 5. The molecule has 0 aliphatic rings. The van der Waals surface area contributed by atoms with E-state index in [2.05, 4.69) is 31.6 Å². The molecule has 0 nitrogen and oxygen atoms in total. The molecule has 0 aliphatic heterocycles. The molecule has 0 amide bonds. The maximum Gasteiger partial charge on any atom is 0.0319 e. The molecule has 0 heterocycles. The predicted molar refractivity (Wildman–Crippen MR) is 56.0 cm³/mol. The van der Waals surface area contributed by atoms with Gasteiger partial charge in [-0.3, -0.25) is 0 Å². The third kappa shape index (κ3) is 3.47. The van der Waals surface area contributed by atoms with Gasteiger partial charge in [-0.05, 0) is 13.2 Å². The molecular formula is C10H16S. The van der Waals surface area contributed by atoms with Gasteiger partial charge in [-0.1, -0.05) is 24.3 Å². The fourth-order valence-electron chi connectivity index (χ4n) is 0.955. The smallest absolute Gasteiger partial charge is 0.0319 e. The Morgan fingerprint density at radius 1 is 1.27 bits per heavy atom. The number of thioether (sulfide) groups is 1. The summed E-state index contributed by atoms with van der Waals surface area (Å²) in [6, 6.07) is 0. The van der Waals surface area contributed by atoms with Gasteiger partial charge in [0.05, 0.1) is 0 Å². The highest BCUT2D eigenvalue weighted by atomic mass is 32.2. The van der Waals surface area contributed by atoms with E-state index in [9.17, 15) is 0 Å². The quantitative estimate of drug-likeness (QED) is 0.568. The van der Waals surface area contributed by atoms with Crippen LogP contribution in [0.25, 0.3) is 0 Å². The molecule has 0 aromatic carbocycles. The summed E-state index contributed by atoms with van der Waals surface area (Å²) in [6.45, 7) is 9.59. The van der Waals surface area contributed by atoms with Gasteiger partial charge in [-0.25, -0.2) is 0 Å². The topological polar surface area (TPSA) is 0 Å². The lowest BCUT2D eigenvalue weighted by Crippen LogP contribution is -2.08. The minimum Gasteiger partial charge on any atom is -0.157 e. The average Bonchev–Trinajstić information content (AvgIpc) is 2.05. The second-order valence-corrected chi connectivity index (χ2v) is 3.29. The summed E-state index contributed by atoms with van der Waals surface area (Å²) < 4.78 is 0. The lowest BCUT2D eigenvalue weighted by atomic mass is 10.1. The van der Waals surface area contributed by atoms with Gasteiger partial charge in [-0.2, -0.15) is 11.8 Å². The molecule has 2 unspecified atom stereocenters. The van der Waals surface area contributed by atoms with Crippen molar-refractivity contribution in [3.05, 3.63) is 37.5 Å². The van der Waals surface area contributed by atoms with Crippen LogP contribution in [-0.4, -0.2) is 11.5 Å². The van der Waals surface area contributed by atoms with E-state index in [4.69, 9.17) is 0 Å². The van der Waals surface area contributed by atoms with Crippen molar-refractivity contribution in [2.45, 2.75) is 12.2 Å². The van der Waals surface area contributed by atoms with E-state index < -0.39 is 0 Å². The monoisotopic (exact) mass is 168 g/mol. The summed E-state index contributed by atoms with van der Waals surface area (Å²) in [4.78, 5) is 0. The summed E-state index contributed by atoms with van der Waals surface area (Å²) in [5, 5.41) is 0.462. The lowest BCUT2D eigenvalue weighted by molar-refractivity contribution is 0.854. The zero-order chi connectivity index (χ0) is 8.69. The van der Waals surface area contributed by atoms with E-state index >= 15 is 0 Å². The Kier molecular flexibility index (Phi) is 6.05. The normalized spacial score (nSPS) is 16.2. The van der Waals surface area contributed by atoms with Gasteiger partial charge in [0.25, 0.3) is 0 Å². The molecule has 1 heteroatoms. The molecule has 0 aliphatic carbocycles. The highest BCUT2D eigenvalue weighted by Gasteiger charge is 2.09. The number of hydrogen-bond donors (Lipinski definition) is 0. The minimum atomic E-state index is 0.424. The first-order valence-electron chi connectivity index (χ1n) is 3.70. The third-order valence-electron chi connectivity index (χ3n) is 1.57. The van der Waals surface area contributed by atoms with Crippen LogP contribution < -0.4 is 0 Å². The SMILES string of the molecule is C=CC(/C=C\C)C(C=C)SC. The molecule has 2 atom stereocenters. The Morgan fingerprint density at radius 2 is 1.91 bits per heavy atom. The van der Waals surface area contributed by atoms with Crippen LogP contribution in [0.15, 0.2) is 37.5 Å². The van der Waals surface area contributed by atoms with Crippen molar-refractivity contribution >= 4 is 11.8 Å².